The predicted molar refractivity (Wildman–Crippen MR) is 66.7 cm³/mol. The van der Waals surface area contributed by atoms with Gasteiger partial charge in [-0.3, -0.25) is 0 Å². The van der Waals surface area contributed by atoms with Gasteiger partial charge < -0.3 is 9.47 Å². The van der Waals surface area contributed by atoms with Crippen molar-refractivity contribution in [1.29, 1.82) is 0 Å². The first-order valence-corrected chi connectivity index (χ1v) is 6.87. The summed E-state index contributed by atoms with van der Waals surface area (Å²) in [4.78, 5) is 4.10. The zero-order valence-corrected chi connectivity index (χ0v) is 11.3. The van der Waals surface area contributed by atoms with Crippen LogP contribution in [0, 0.1) is 6.92 Å². The van der Waals surface area contributed by atoms with Crippen LogP contribution in [0.4, 0.5) is 0 Å². The van der Waals surface area contributed by atoms with Gasteiger partial charge in [-0.15, -0.1) is 5.10 Å². The van der Waals surface area contributed by atoms with Crippen molar-refractivity contribution < 1.29 is 9.47 Å². The topological polar surface area (TPSA) is 49.2 Å². The average molecular weight is 272 g/mol. The second-order valence-electron chi connectivity index (χ2n) is 5.23. The summed E-state index contributed by atoms with van der Waals surface area (Å²) in [6, 6.07) is 0. The van der Waals surface area contributed by atoms with E-state index in [1.807, 2.05) is 11.6 Å². The summed E-state index contributed by atoms with van der Waals surface area (Å²) >= 11 is 5.80. The van der Waals surface area contributed by atoms with Crippen LogP contribution in [0.5, 0.6) is 0 Å². The van der Waals surface area contributed by atoms with E-state index in [4.69, 9.17) is 21.1 Å². The lowest BCUT2D eigenvalue weighted by Crippen LogP contribution is -2.42. The Hall–Kier alpha value is -0.650. The fourth-order valence-corrected chi connectivity index (χ4v) is 3.10. The molecule has 3 heterocycles. The van der Waals surface area contributed by atoms with Gasteiger partial charge in [-0.1, -0.05) is 0 Å². The van der Waals surface area contributed by atoms with Crippen LogP contribution in [-0.4, -0.2) is 39.7 Å². The summed E-state index contributed by atoms with van der Waals surface area (Å²) in [6.45, 7) is 4.20. The maximum atomic E-state index is 6.25. The van der Waals surface area contributed by atoms with Gasteiger partial charge in [0.1, 0.15) is 5.82 Å². The maximum Gasteiger partial charge on any atom is 0.242 e. The molecule has 5 nitrogen and oxygen atoms in total. The summed E-state index contributed by atoms with van der Waals surface area (Å²) in [5.41, 5.74) is -0.0405. The molecule has 0 N–H and O–H groups in total. The Bertz CT molecular complexity index is 429. The number of ether oxygens (including phenoxy) is 2. The highest BCUT2D eigenvalue weighted by molar-refractivity contribution is 6.28. The lowest BCUT2D eigenvalue weighted by molar-refractivity contribution is -0.133. The minimum Gasteiger partial charge on any atom is -0.378 e. The second-order valence-corrected chi connectivity index (χ2v) is 5.57. The lowest BCUT2D eigenvalue weighted by atomic mass is 9.91. The molecule has 2 saturated heterocycles. The monoisotopic (exact) mass is 271 g/mol. The Morgan fingerprint density at radius 2 is 2.39 bits per heavy atom. The normalized spacial score (nSPS) is 32.2. The van der Waals surface area contributed by atoms with Crippen molar-refractivity contribution in [2.24, 2.45) is 0 Å². The van der Waals surface area contributed by atoms with Gasteiger partial charge in [0.2, 0.25) is 5.28 Å². The van der Waals surface area contributed by atoms with Crippen LogP contribution in [0.3, 0.4) is 0 Å². The molecule has 3 rings (SSSR count). The molecule has 0 radical (unpaired) electrons. The van der Waals surface area contributed by atoms with Crippen LogP contribution < -0.4 is 0 Å². The van der Waals surface area contributed by atoms with Crippen LogP contribution in [0.2, 0.25) is 5.28 Å². The third-order valence-corrected chi connectivity index (χ3v) is 4.01. The number of hydrogen-bond donors (Lipinski definition) is 0. The zero-order valence-electron chi connectivity index (χ0n) is 10.6. The molecule has 0 bridgehead atoms. The van der Waals surface area contributed by atoms with Gasteiger partial charge in [-0.05, 0) is 37.8 Å². The van der Waals surface area contributed by atoms with Crippen molar-refractivity contribution in [3.8, 4) is 0 Å². The second kappa shape index (κ2) is 4.79. The largest absolute Gasteiger partial charge is 0.378 e. The molecule has 2 unspecified atom stereocenters. The number of halogens is 1. The number of nitrogens with zero attached hydrogens (tertiary/aromatic N) is 3. The minimum atomic E-state index is -0.0405. The Labute approximate surface area is 111 Å². The molecular formula is C12H18ClN3O2. The molecule has 1 spiro atoms. The van der Waals surface area contributed by atoms with Gasteiger partial charge in [0.15, 0.2) is 0 Å². The summed E-state index contributed by atoms with van der Waals surface area (Å²) in [5, 5.41) is 4.49. The molecule has 100 valence electrons. The van der Waals surface area contributed by atoms with E-state index in [0.717, 1.165) is 44.8 Å². The molecule has 2 atom stereocenters. The molecule has 0 amide bonds. The summed E-state index contributed by atoms with van der Waals surface area (Å²) in [7, 11) is 0. The molecule has 1 aromatic rings. The molecule has 6 heteroatoms. The molecular weight excluding hydrogens is 254 g/mol. The van der Waals surface area contributed by atoms with Crippen molar-refractivity contribution in [3.05, 3.63) is 11.1 Å². The van der Waals surface area contributed by atoms with E-state index in [2.05, 4.69) is 10.1 Å². The fourth-order valence-electron chi connectivity index (χ4n) is 2.88. The van der Waals surface area contributed by atoms with Crippen molar-refractivity contribution in [2.45, 2.75) is 50.9 Å². The number of aromatic nitrogens is 3. The van der Waals surface area contributed by atoms with E-state index in [0.29, 0.717) is 5.28 Å². The van der Waals surface area contributed by atoms with Gasteiger partial charge in [0, 0.05) is 13.0 Å². The maximum absolute atomic E-state index is 6.25. The first-order chi connectivity index (χ1) is 8.67. The quantitative estimate of drug-likeness (QED) is 0.825. The van der Waals surface area contributed by atoms with Crippen LogP contribution >= 0.6 is 11.6 Å². The van der Waals surface area contributed by atoms with Crippen LogP contribution in [0.1, 0.15) is 31.5 Å². The summed E-state index contributed by atoms with van der Waals surface area (Å²) in [5.74, 6) is 0.839. The standard InChI is InChI=1S/C12H18ClN3O2/c1-9-14-11(13)15-16(9)7-10-3-2-4-12(18-10)5-6-17-8-12/h10H,2-8H2,1H3. The highest BCUT2D eigenvalue weighted by Crippen LogP contribution is 2.35. The van der Waals surface area contributed by atoms with Gasteiger partial charge in [0.05, 0.1) is 24.9 Å². The third-order valence-electron chi connectivity index (χ3n) is 3.85. The first-order valence-electron chi connectivity index (χ1n) is 6.49. The van der Waals surface area contributed by atoms with E-state index in [1.165, 1.54) is 6.42 Å². The van der Waals surface area contributed by atoms with Crippen molar-refractivity contribution in [1.82, 2.24) is 14.8 Å². The fraction of sp³-hybridized carbons (Fsp3) is 0.833. The third kappa shape index (κ3) is 2.39. The van der Waals surface area contributed by atoms with E-state index in [1.54, 1.807) is 0 Å². The highest BCUT2D eigenvalue weighted by atomic mass is 35.5. The summed E-state index contributed by atoms with van der Waals surface area (Å²) < 4.78 is 13.6. The zero-order chi connectivity index (χ0) is 12.6. The molecule has 0 aliphatic carbocycles. The average Bonchev–Trinajstić information content (AvgIpc) is 2.88. The van der Waals surface area contributed by atoms with Gasteiger partial charge >= 0.3 is 0 Å². The number of hydrogen-bond acceptors (Lipinski definition) is 4. The Balaban J connectivity index is 1.67. The number of aryl methyl sites for hydroxylation is 1. The van der Waals surface area contributed by atoms with Crippen molar-refractivity contribution in [3.63, 3.8) is 0 Å². The Morgan fingerprint density at radius 1 is 1.50 bits per heavy atom. The van der Waals surface area contributed by atoms with Gasteiger partial charge in [0.25, 0.3) is 0 Å². The molecule has 18 heavy (non-hydrogen) atoms. The summed E-state index contributed by atoms with van der Waals surface area (Å²) in [6.07, 6.45) is 4.58. The first kappa shape index (κ1) is 12.4. The highest BCUT2D eigenvalue weighted by Gasteiger charge is 2.40. The van der Waals surface area contributed by atoms with Crippen LogP contribution in [0.15, 0.2) is 0 Å². The molecule has 1 aromatic heterocycles. The van der Waals surface area contributed by atoms with Crippen molar-refractivity contribution >= 4 is 11.6 Å². The van der Waals surface area contributed by atoms with E-state index in [9.17, 15) is 0 Å². The molecule has 2 aliphatic heterocycles. The van der Waals surface area contributed by atoms with E-state index < -0.39 is 0 Å². The van der Waals surface area contributed by atoms with Crippen LogP contribution in [0.25, 0.3) is 0 Å². The van der Waals surface area contributed by atoms with E-state index >= 15 is 0 Å². The smallest absolute Gasteiger partial charge is 0.242 e. The molecule has 0 saturated carbocycles. The van der Waals surface area contributed by atoms with Gasteiger partial charge in [-0.2, -0.15) is 0 Å². The Morgan fingerprint density at radius 3 is 3.06 bits per heavy atom. The number of rotatable bonds is 2. The lowest BCUT2D eigenvalue weighted by Gasteiger charge is -2.37. The molecule has 0 aromatic carbocycles. The van der Waals surface area contributed by atoms with Crippen molar-refractivity contribution in [2.75, 3.05) is 13.2 Å². The molecule has 2 fully saturated rings. The minimum absolute atomic E-state index is 0.0405. The van der Waals surface area contributed by atoms with Crippen LogP contribution in [-0.2, 0) is 16.0 Å². The van der Waals surface area contributed by atoms with Gasteiger partial charge in [-0.25, -0.2) is 9.67 Å². The Kier molecular flexibility index (Phi) is 3.30. The molecule has 2 aliphatic rings. The van der Waals surface area contributed by atoms with E-state index in [-0.39, 0.29) is 11.7 Å². The predicted octanol–water partition coefficient (Wildman–Crippen LogP) is 1.97. The SMILES string of the molecule is Cc1nc(Cl)nn1CC1CCCC2(CCOC2)O1.